The highest BCUT2D eigenvalue weighted by Gasteiger charge is 2.32. The second-order valence-corrected chi connectivity index (χ2v) is 3.84. The van der Waals surface area contributed by atoms with Crippen LogP contribution in [0.1, 0.15) is 40.0 Å². The van der Waals surface area contributed by atoms with Crippen molar-refractivity contribution < 1.29 is 0 Å². The molecule has 0 spiro atoms. The first-order chi connectivity index (χ1) is 5.75. The normalized spacial score (nSPS) is 20.3. The number of allylic oxidation sites excluding steroid dienone is 2. The molecule has 1 fully saturated rings. The lowest BCUT2D eigenvalue weighted by Crippen LogP contribution is -1.86. The fourth-order valence-corrected chi connectivity index (χ4v) is 1.32. The lowest BCUT2D eigenvalue weighted by molar-refractivity contribution is 0.581. The lowest BCUT2D eigenvalue weighted by Gasteiger charge is -1.94. The van der Waals surface area contributed by atoms with Crippen LogP contribution in [0.25, 0.3) is 0 Å². The first-order valence-electron chi connectivity index (χ1n) is 4.94. The molecule has 0 amide bonds. The van der Waals surface area contributed by atoms with Gasteiger partial charge in [0.1, 0.15) is 0 Å². The van der Waals surface area contributed by atoms with Crippen molar-refractivity contribution in [2.24, 2.45) is 11.8 Å². The molecule has 0 heterocycles. The molecule has 0 aliphatic heterocycles. The van der Waals surface area contributed by atoms with Gasteiger partial charge in [0.2, 0.25) is 0 Å². The van der Waals surface area contributed by atoms with E-state index in [1.165, 1.54) is 18.4 Å². The van der Waals surface area contributed by atoms with Crippen LogP contribution in [0.15, 0.2) is 23.1 Å². The van der Waals surface area contributed by atoms with Crippen LogP contribution in [0.3, 0.4) is 0 Å². The van der Waals surface area contributed by atoms with Crippen molar-refractivity contribution in [1.29, 1.82) is 0 Å². The Balaban J connectivity index is 2.45. The van der Waals surface area contributed by atoms with Crippen LogP contribution in [0.2, 0.25) is 0 Å². The molecule has 0 radical (unpaired) electrons. The summed E-state index contributed by atoms with van der Waals surface area (Å²) in [5, 5.41) is 0. The third kappa shape index (κ3) is 2.74. The molecular formula is C12H18. The van der Waals surface area contributed by atoms with Crippen LogP contribution in [0.4, 0.5) is 0 Å². The minimum absolute atomic E-state index is 0.792. The van der Waals surface area contributed by atoms with E-state index in [-0.39, 0.29) is 0 Å². The predicted octanol–water partition coefficient (Wildman–Crippen LogP) is 3.70. The molecule has 12 heavy (non-hydrogen) atoms. The fraction of sp³-hybridized carbons (Fsp3) is 0.667. The Kier molecular flexibility index (Phi) is 3.41. The monoisotopic (exact) mass is 162 g/mol. The van der Waals surface area contributed by atoms with Crippen LogP contribution in [-0.2, 0) is 0 Å². The highest BCUT2D eigenvalue weighted by Crippen LogP contribution is 2.42. The van der Waals surface area contributed by atoms with E-state index in [0.29, 0.717) is 0 Å². The Morgan fingerprint density at radius 3 is 2.83 bits per heavy atom. The maximum Gasteiger partial charge on any atom is -0.00537 e. The Hall–Kier alpha value is -0.700. The first-order valence-corrected chi connectivity index (χ1v) is 4.94. The zero-order valence-corrected chi connectivity index (χ0v) is 8.35. The van der Waals surface area contributed by atoms with Gasteiger partial charge in [0, 0.05) is 0 Å². The van der Waals surface area contributed by atoms with E-state index < -0.39 is 0 Å². The standard InChI is InChI=1S/C12H18/c1-4-5-6-7-8-11-9-12(11)10(2)3/h6,10,12H,4-5,9H2,1-3H3. The maximum atomic E-state index is 3.23. The lowest BCUT2D eigenvalue weighted by atomic mass is 10.1. The van der Waals surface area contributed by atoms with Crippen molar-refractivity contribution in [2.75, 3.05) is 0 Å². The molecule has 0 N–H and O–H groups in total. The molecule has 1 unspecified atom stereocenters. The summed E-state index contributed by atoms with van der Waals surface area (Å²) < 4.78 is 0. The second kappa shape index (κ2) is 4.36. The Labute approximate surface area is 75.7 Å². The summed E-state index contributed by atoms with van der Waals surface area (Å²) >= 11 is 0. The molecule has 0 heteroatoms. The second-order valence-electron chi connectivity index (χ2n) is 3.84. The zero-order valence-electron chi connectivity index (χ0n) is 8.35. The van der Waals surface area contributed by atoms with Gasteiger partial charge in [-0.05, 0) is 36.3 Å². The number of unbranched alkanes of at least 4 members (excludes halogenated alkanes) is 1. The van der Waals surface area contributed by atoms with Gasteiger partial charge < -0.3 is 0 Å². The summed E-state index contributed by atoms with van der Waals surface area (Å²) in [5.74, 6) is 1.60. The molecule has 66 valence electrons. The highest BCUT2D eigenvalue weighted by atomic mass is 14.3. The minimum atomic E-state index is 0.792. The molecule has 0 aromatic rings. The van der Waals surface area contributed by atoms with Gasteiger partial charge in [-0.1, -0.05) is 38.7 Å². The molecule has 1 rings (SSSR count). The average Bonchev–Trinajstić information content (AvgIpc) is 2.77. The molecule has 1 saturated carbocycles. The van der Waals surface area contributed by atoms with E-state index >= 15 is 0 Å². The Morgan fingerprint density at radius 1 is 1.58 bits per heavy atom. The molecule has 0 aromatic carbocycles. The first kappa shape index (κ1) is 9.39. The highest BCUT2D eigenvalue weighted by molar-refractivity contribution is 5.23. The topological polar surface area (TPSA) is 0 Å². The van der Waals surface area contributed by atoms with E-state index in [2.05, 4.69) is 38.3 Å². The van der Waals surface area contributed by atoms with Gasteiger partial charge in [-0.15, -0.1) is 0 Å². The van der Waals surface area contributed by atoms with Crippen molar-refractivity contribution in [2.45, 2.75) is 40.0 Å². The molecule has 0 nitrogen and oxygen atoms in total. The van der Waals surface area contributed by atoms with E-state index in [4.69, 9.17) is 0 Å². The molecule has 1 aliphatic rings. The number of hydrogen-bond acceptors (Lipinski definition) is 0. The largest absolute Gasteiger partial charge is 0.0747 e. The third-order valence-electron chi connectivity index (χ3n) is 2.30. The quantitative estimate of drug-likeness (QED) is 0.555. The fourth-order valence-electron chi connectivity index (χ4n) is 1.32. The number of hydrogen-bond donors (Lipinski definition) is 0. The summed E-state index contributed by atoms with van der Waals surface area (Å²) in [5.41, 5.74) is 7.82. The maximum absolute atomic E-state index is 3.23. The van der Waals surface area contributed by atoms with Gasteiger partial charge in [0.15, 0.2) is 0 Å². The van der Waals surface area contributed by atoms with Gasteiger partial charge in [-0.3, -0.25) is 0 Å². The summed E-state index contributed by atoms with van der Waals surface area (Å²) in [6, 6.07) is 0. The van der Waals surface area contributed by atoms with Crippen molar-refractivity contribution in [3.05, 3.63) is 23.1 Å². The summed E-state index contributed by atoms with van der Waals surface area (Å²) in [6.07, 6.45) is 5.68. The summed E-state index contributed by atoms with van der Waals surface area (Å²) in [7, 11) is 0. The average molecular weight is 162 g/mol. The SMILES string of the molecule is CCCC=C=C=C1CC1C(C)C. The molecule has 0 saturated heterocycles. The van der Waals surface area contributed by atoms with Gasteiger partial charge >= 0.3 is 0 Å². The van der Waals surface area contributed by atoms with E-state index in [1.54, 1.807) is 0 Å². The molecule has 0 aromatic heterocycles. The minimum Gasteiger partial charge on any atom is -0.0747 e. The smallest absolute Gasteiger partial charge is 0.00537 e. The van der Waals surface area contributed by atoms with Crippen molar-refractivity contribution in [3.63, 3.8) is 0 Å². The molecule has 1 aliphatic carbocycles. The van der Waals surface area contributed by atoms with E-state index in [0.717, 1.165) is 18.3 Å². The molecular weight excluding hydrogens is 144 g/mol. The van der Waals surface area contributed by atoms with Crippen LogP contribution >= 0.6 is 0 Å². The summed E-state index contributed by atoms with van der Waals surface area (Å²) in [6.45, 7) is 6.73. The zero-order chi connectivity index (χ0) is 8.97. The third-order valence-corrected chi connectivity index (χ3v) is 2.30. The predicted molar refractivity (Wildman–Crippen MR) is 53.0 cm³/mol. The van der Waals surface area contributed by atoms with Crippen molar-refractivity contribution in [1.82, 2.24) is 0 Å². The van der Waals surface area contributed by atoms with Gasteiger partial charge in [-0.2, -0.15) is 0 Å². The Morgan fingerprint density at radius 2 is 2.33 bits per heavy atom. The van der Waals surface area contributed by atoms with Crippen LogP contribution in [0.5, 0.6) is 0 Å². The van der Waals surface area contributed by atoms with Crippen LogP contribution in [0, 0.1) is 11.8 Å². The van der Waals surface area contributed by atoms with Crippen LogP contribution in [-0.4, -0.2) is 0 Å². The molecule has 0 bridgehead atoms. The number of rotatable bonds is 3. The van der Waals surface area contributed by atoms with Crippen LogP contribution < -0.4 is 0 Å². The van der Waals surface area contributed by atoms with Gasteiger partial charge in [0.25, 0.3) is 0 Å². The Bertz CT molecular complexity index is 233. The van der Waals surface area contributed by atoms with Gasteiger partial charge in [-0.25, -0.2) is 0 Å². The van der Waals surface area contributed by atoms with Gasteiger partial charge in [0.05, 0.1) is 0 Å². The van der Waals surface area contributed by atoms with E-state index in [1.807, 2.05) is 0 Å². The molecule has 1 atom stereocenters. The van der Waals surface area contributed by atoms with E-state index in [9.17, 15) is 0 Å². The van der Waals surface area contributed by atoms with Crippen molar-refractivity contribution >= 4 is 0 Å². The summed E-state index contributed by atoms with van der Waals surface area (Å²) in [4.78, 5) is 0. The van der Waals surface area contributed by atoms with Crippen molar-refractivity contribution in [3.8, 4) is 0 Å².